The highest BCUT2D eigenvalue weighted by molar-refractivity contribution is 5.91. The molecule has 0 bridgehead atoms. The Balaban J connectivity index is 0. The molecule has 3 N–H and O–H groups in total. The summed E-state index contributed by atoms with van der Waals surface area (Å²) >= 11 is 0. The van der Waals surface area contributed by atoms with Gasteiger partial charge in [-0.2, -0.15) is 0 Å². The Labute approximate surface area is 187 Å². The lowest BCUT2D eigenvalue weighted by atomic mass is 10.1. The molecule has 0 aromatic heterocycles. The molecule has 7 heteroatoms. The number of carboxylic acids is 2. The van der Waals surface area contributed by atoms with Crippen LogP contribution in [-0.4, -0.2) is 46.4 Å². The second-order valence-corrected chi connectivity index (χ2v) is 7.57. The van der Waals surface area contributed by atoms with E-state index in [9.17, 15) is 19.5 Å². The zero-order chi connectivity index (χ0) is 23.9. The molecule has 0 spiro atoms. The normalized spacial score (nSPS) is 11.5. The Morgan fingerprint density at radius 3 is 2.10 bits per heavy atom. The zero-order valence-corrected chi connectivity index (χ0v) is 19.3. The van der Waals surface area contributed by atoms with Gasteiger partial charge in [-0.1, -0.05) is 70.6 Å². The molecule has 0 amide bonds. The molecule has 0 rings (SSSR count). The van der Waals surface area contributed by atoms with Crippen LogP contribution in [0.2, 0.25) is 0 Å². The van der Waals surface area contributed by atoms with Crippen molar-refractivity contribution in [3.8, 4) is 0 Å². The number of esters is 1. The van der Waals surface area contributed by atoms with Crippen molar-refractivity contribution in [3.63, 3.8) is 0 Å². The molecule has 1 unspecified atom stereocenters. The SMILES string of the molecule is C=C(CC(=O)O)C(=O)O.CCCCCCC(O)C/C=C\CCCCCCCC(=O)OC. The summed E-state index contributed by atoms with van der Waals surface area (Å²) in [7, 11) is 1.44. The molecule has 0 aliphatic carbocycles. The maximum atomic E-state index is 10.9. The van der Waals surface area contributed by atoms with Gasteiger partial charge in [-0.25, -0.2) is 4.79 Å². The zero-order valence-electron chi connectivity index (χ0n) is 19.3. The number of ether oxygens (including phenoxy) is 1. The molecule has 0 radical (unpaired) electrons. The number of aliphatic hydroxyl groups excluding tert-OH is 1. The lowest BCUT2D eigenvalue weighted by Crippen LogP contribution is -2.04. The molecule has 1 atom stereocenters. The van der Waals surface area contributed by atoms with Gasteiger partial charge in [0, 0.05) is 12.0 Å². The summed E-state index contributed by atoms with van der Waals surface area (Å²) in [5.41, 5.74) is -0.303. The van der Waals surface area contributed by atoms with E-state index in [0.29, 0.717) is 6.42 Å². The van der Waals surface area contributed by atoms with Gasteiger partial charge in [0.05, 0.1) is 19.6 Å². The van der Waals surface area contributed by atoms with Crippen molar-refractivity contribution in [2.24, 2.45) is 0 Å². The summed E-state index contributed by atoms with van der Waals surface area (Å²) in [6, 6.07) is 0. The van der Waals surface area contributed by atoms with Crippen LogP contribution in [0, 0.1) is 0 Å². The number of aliphatic carboxylic acids is 2. The number of carboxylic acid groups (broad SMARTS) is 2. The lowest BCUT2D eigenvalue weighted by Gasteiger charge is -2.07. The molecule has 0 fully saturated rings. The van der Waals surface area contributed by atoms with Gasteiger partial charge in [-0.3, -0.25) is 9.59 Å². The molecule has 0 aromatic carbocycles. The summed E-state index contributed by atoms with van der Waals surface area (Å²) in [6.45, 7) is 5.22. The summed E-state index contributed by atoms with van der Waals surface area (Å²) in [6.07, 6.45) is 17.6. The number of hydrogen-bond acceptors (Lipinski definition) is 5. The summed E-state index contributed by atoms with van der Waals surface area (Å²) < 4.78 is 4.61. The number of hydrogen-bond donors (Lipinski definition) is 3. The summed E-state index contributed by atoms with van der Waals surface area (Å²) in [5, 5.41) is 25.9. The van der Waals surface area contributed by atoms with Crippen LogP contribution in [-0.2, 0) is 19.1 Å². The minimum Gasteiger partial charge on any atom is -0.481 e. The van der Waals surface area contributed by atoms with Crippen LogP contribution in [0.3, 0.4) is 0 Å². The van der Waals surface area contributed by atoms with Crippen LogP contribution in [0.15, 0.2) is 24.3 Å². The van der Waals surface area contributed by atoms with Gasteiger partial charge in [-0.15, -0.1) is 0 Å². The average molecular weight is 443 g/mol. The molecule has 0 aliphatic heterocycles. The summed E-state index contributed by atoms with van der Waals surface area (Å²) in [5.74, 6) is -2.55. The van der Waals surface area contributed by atoms with Gasteiger partial charge in [0.2, 0.25) is 0 Å². The first-order chi connectivity index (χ1) is 14.7. The molecule has 0 heterocycles. The smallest absolute Gasteiger partial charge is 0.331 e. The van der Waals surface area contributed by atoms with E-state index in [-0.39, 0.29) is 17.6 Å². The highest BCUT2D eigenvalue weighted by Crippen LogP contribution is 2.10. The highest BCUT2D eigenvalue weighted by atomic mass is 16.5. The predicted octanol–water partition coefficient (Wildman–Crippen LogP) is 5.27. The molecule has 0 saturated carbocycles. The number of methoxy groups -OCH3 is 1. The Bertz CT molecular complexity index is 526. The molecule has 7 nitrogen and oxygen atoms in total. The maximum Gasteiger partial charge on any atom is 0.331 e. The summed E-state index contributed by atoms with van der Waals surface area (Å²) in [4.78, 5) is 30.6. The fraction of sp³-hybridized carbons (Fsp3) is 0.708. The van der Waals surface area contributed by atoms with E-state index in [2.05, 4.69) is 30.4 Å². The van der Waals surface area contributed by atoms with Crippen molar-refractivity contribution in [1.29, 1.82) is 0 Å². The minimum absolute atomic E-state index is 0.101. The quantitative estimate of drug-likeness (QED) is 0.114. The monoisotopic (exact) mass is 442 g/mol. The van der Waals surface area contributed by atoms with Gasteiger partial charge >= 0.3 is 17.9 Å². The molecule has 0 aliphatic rings. The average Bonchev–Trinajstić information content (AvgIpc) is 2.72. The van der Waals surface area contributed by atoms with Crippen molar-refractivity contribution >= 4 is 17.9 Å². The molecule has 31 heavy (non-hydrogen) atoms. The number of aliphatic hydroxyl groups is 1. The fourth-order valence-electron chi connectivity index (χ4n) is 2.72. The third kappa shape index (κ3) is 25.8. The van der Waals surface area contributed by atoms with E-state index in [4.69, 9.17) is 10.2 Å². The van der Waals surface area contributed by atoms with Crippen LogP contribution >= 0.6 is 0 Å². The largest absolute Gasteiger partial charge is 0.481 e. The molecule has 0 saturated heterocycles. The highest BCUT2D eigenvalue weighted by Gasteiger charge is 2.07. The van der Waals surface area contributed by atoms with Gasteiger partial charge < -0.3 is 20.1 Å². The van der Waals surface area contributed by atoms with Gasteiger partial charge in [0.1, 0.15) is 0 Å². The van der Waals surface area contributed by atoms with Gasteiger partial charge in [0.15, 0.2) is 0 Å². The molecular weight excluding hydrogens is 400 g/mol. The van der Waals surface area contributed by atoms with Crippen LogP contribution in [0.25, 0.3) is 0 Å². The first-order valence-corrected chi connectivity index (χ1v) is 11.3. The van der Waals surface area contributed by atoms with Crippen molar-refractivity contribution in [1.82, 2.24) is 0 Å². The molecular formula is C24H42O7. The standard InChI is InChI=1S/C19H36O3.C5H6O4/c1-3-4-5-12-15-18(20)16-13-10-8-6-7-9-11-14-17-19(21)22-2;1-3(5(8)9)2-4(6)7/h10,13,18,20H,3-9,11-12,14-17H2,1-2H3;1-2H2,(H,6,7)(H,8,9)/b13-10-;. The van der Waals surface area contributed by atoms with Crippen molar-refractivity contribution < 1.29 is 34.4 Å². The van der Waals surface area contributed by atoms with E-state index >= 15 is 0 Å². The number of carbonyl (C=O) groups excluding carboxylic acids is 1. The maximum absolute atomic E-state index is 10.9. The van der Waals surface area contributed by atoms with Crippen molar-refractivity contribution in [2.75, 3.05) is 7.11 Å². The van der Waals surface area contributed by atoms with Gasteiger partial charge in [-0.05, 0) is 32.1 Å². The van der Waals surface area contributed by atoms with E-state index in [1.54, 1.807) is 0 Å². The lowest BCUT2D eigenvalue weighted by molar-refractivity contribution is -0.140. The third-order valence-corrected chi connectivity index (χ3v) is 4.61. The fourth-order valence-corrected chi connectivity index (χ4v) is 2.72. The topological polar surface area (TPSA) is 121 Å². The van der Waals surface area contributed by atoms with Crippen LogP contribution in [0.5, 0.6) is 0 Å². The van der Waals surface area contributed by atoms with Crippen LogP contribution in [0.1, 0.15) is 96.8 Å². The number of unbranched alkanes of at least 4 members (excludes halogenated alkanes) is 8. The van der Waals surface area contributed by atoms with Gasteiger partial charge in [0.25, 0.3) is 0 Å². The molecule has 0 aromatic rings. The van der Waals surface area contributed by atoms with E-state index in [0.717, 1.165) is 38.5 Å². The van der Waals surface area contributed by atoms with Crippen molar-refractivity contribution in [2.45, 2.75) is 103 Å². The minimum atomic E-state index is -1.27. The number of carbonyl (C=O) groups is 3. The second kappa shape index (κ2) is 22.5. The third-order valence-electron chi connectivity index (χ3n) is 4.61. The second-order valence-electron chi connectivity index (χ2n) is 7.57. The Morgan fingerprint density at radius 1 is 0.935 bits per heavy atom. The first-order valence-electron chi connectivity index (χ1n) is 11.3. The Morgan fingerprint density at radius 2 is 1.55 bits per heavy atom. The first kappa shape index (κ1) is 31.0. The molecule has 180 valence electrons. The Hall–Kier alpha value is -2.15. The number of allylic oxidation sites excluding steroid dienone is 1. The van der Waals surface area contributed by atoms with Crippen LogP contribution < -0.4 is 0 Å². The van der Waals surface area contributed by atoms with Crippen LogP contribution in [0.4, 0.5) is 0 Å². The number of rotatable bonds is 18. The van der Waals surface area contributed by atoms with E-state index in [1.165, 1.54) is 45.6 Å². The van der Waals surface area contributed by atoms with E-state index < -0.39 is 18.4 Å². The van der Waals surface area contributed by atoms with E-state index in [1.807, 2.05) is 0 Å². The predicted molar refractivity (Wildman–Crippen MR) is 122 cm³/mol. The van der Waals surface area contributed by atoms with Crippen molar-refractivity contribution in [3.05, 3.63) is 24.3 Å². The Kier molecular flexibility index (Phi) is 22.6.